The maximum atomic E-state index is 13.0. The highest BCUT2D eigenvalue weighted by Gasteiger charge is 2.53. The van der Waals surface area contributed by atoms with Crippen LogP contribution in [0.4, 0.5) is 0 Å². The van der Waals surface area contributed by atoms with Gasteiger partial charge in [0.15, 0.2) is 0 Å². The molecule has 176 valence electrons. The van der Waals surface area contributed by atoms with Crippen molar-refractivity contribution in [2.24, 2.45) is 11.8 Å². The molecule has 4 fully saturated rings. The Morgan fingerprint density at radius 3 is 2.76 bits per heavy atom. The van der Waals surface area contributed by atoms with E-state index in [9.17, 15) is 9.59 Å². The van der Waals surface area contributed by atoms with Gasteiger partial charge in [0.25, 0.3) is 5.91 Å². The van der Waals surface area contributed by atoms with Gasteiger partial charge in [0.2, 0.25) is 5.91 Å². The third-order valence-corrected chi connectivity index (χ3v) is 8.38. The first kappa shape index (κ1) is 21.2. The summed E-state index contributed by atoms with van der Waals surface area (Å²) in [6.07, 6.45) is 5.69. The van der Waals surface area contributed by atoms with E-state index in [-0.39, 0.29) is 17.9 Å². The fourth-order valence-electron chi connectivity index (χ4n) is 6.80. The van der Waals surface area contributed by atoms with Gasteiger partial charge in [-0.1, -0.05) is 6.58 Å². The number of nitrogens with one attached hydrogen (secondary N) is 1. The Morgan fingerprint density at radius 1 is 1.15 bits per heavy atom. The molecule has 0 aromatic heterocycles. The number of piperidine rings is 1. The molecule has 0 spiro atoms. The molecule has 2 saturated heterocycles. The van der Waals surface area contributed by atoms with Gasteiger partial charge in [-0.2, -0.15) is 0 Å². The van der Waals surface area contributed by atoms with Crippen LogP contribution in [0.15, 0.2) is 30.5 Å². The van der Waals surface area contributed by atoms with Gasteiger partial charge in [-0.05, 0) is 74.6 Å². The van der Waals surface area contributed by atoms with Crippen LogP contribution >= 0.6 is 0 Å². The minimum Gasteiger partial charge on any atom is -0.488 e. The van der Waals surface area contributed by atoms with Crippen LogP contribution < -0.4 is 10.1 Å². The van der Waals surface area contributed by atoms with Crippen molar-refractivity contribution in [2.45, 2.75) is 69.9 Å². The molecule has 1 unspecified atom stereocenters. The molecule has 5 atom stereocenters. The van der Waals surface area contributed by atoms with Crippen LogP contribution in [-0.4, -0.2) is 65.6 Å². The van der Waals surface area contributed by atoms with E-state index in [0.717, 1.165) is 36.7 Å². The van der Waals surface area contributed by atoms with Crippen LogP contribution in [0.1, 0.15) is 54.9 Å². The van der Waals surface area contributed by atoms with Gasteiger partial charge < -0.3 is 19.7 Å². The number of benzene rings is 1. The molecule has 2 saturated carbocycles. The van der Waals surface area contributed by atoms with Gasteiger partial charge in [0, 0.05) is 43.5 Å². The van der Waals surface area contributed by atoms with Gasteiger partial charge in [0.1, 0.15) is 17.9 Å². The number of ether oxygens (including phenoxy) is 2. The number of rotatable bonds is 6. The lowest BCUT2D eigenvalue weighted by Gasteiger charge is -2.47. The Bertz CT molecular complexity index is 988. The molecule has 6 rings (SSSR count). The molecule has 2 bridgehead atoms. The number of nitrogens with zero attached hydrogens (tertiary/aromatic N) is 2. The Morgan fingerprint density at radius 2 is 1.97 bits per heavy atom. The van der Waals surface area contributed by atoms with Crippen LogP contribution in [0.25, 0.3) is 0 Å². The number of likely N-dealkylation sites (tertiary alicyclic amines) is 1. The van der Waals surface area contributed by atoms with E-state index in [1.54, 1.807) is 4.90 Å². The molecule has 7 nitrogen and oxygen atoms in total. The Kier molecular flexibility index (Phi) is 5.22. The number of carbonyl (C=O) groups excluding carboxylic acids is 2. The average Bonchev–Trinajstić information content (AvgIpc) is 3.45. The van der Waals surface area contributed by atoms with Gasteiger partial charge in [0.05, 0.1) is 6.10 Å². The summed E-state index contributed by atoms with van der Waals surface area (Å²) in [4.78, 5) is 29.7. The van der Waals surface area contributed by atoms with E-state index in [2.05, 4.69) is 23.7 Å². The molecule has 1 N–H and O–H groups in total. The molecule has 1 aromatic rings. The number of hydrogen-bond donors (Lipinski definition) is 1. The van der Waals surface area contributed by atoms with Crippen LogP contribution in [-0.2, 0) is 16.1 Å². The second-order valence-corrected chi connectivity index (χ2v) is 10.3. The lowest BCUT2D eigenvalue weighted by Crippen LogP contribution is -2.61. The second-order valence-electron chi connectivity index (χ2n) is 10.3. The van der Waals surface area contributed by atoms with Crippen LogP contribution in [0.2, 0.25) is 0 Å². The van der Waals surface area contributed by atoms with E-state index in [0.29, 0.717) is 48.9 Å². The number of carbonyl (C=O) groups is 2. The van der Waals surface area contributed by atoms with E-state index in [4.69, 9.17) is 9.47 Å². The highest BCUT2D eigenvalue weighted by Crippen LogP contribution is 2.49. The van der Waals surface area contributed by atoms with Crippen molar-refractivity contribution in [3.05, 3.63) is 41.6 Å². The number of hydrogen-bond acceptors (Lipinski definition) is 5. The third-order valence-electron chi connectivity index (χ3n) is 8.38. The quantitative estimate of drug-likeness (QED) is 0.720. The lowest BCUT2D eigenvalue weighted by molar-refractivity contribution is -0.126. The minimum absolute atomic E-state index is 0.0652. The summed E-state index contributed by atoms with van der Waals surface area (Å²) in [5.74, 6) is 1.97. The highest BCUT2D eigenvalue weighted by atomic mass is 16.5. The van der Waals surface area contributed by atoms with Crippen LogP contribution in [0.5, 0.6) is 5.75 Å². The molecule has 1 aromatic carbocycles. The van der Waals surface area contributed by atoms with E-state index >= 15 is 0 Å². The largest absolute Gasteiger partial charge is 0.488 e. The summed E-state index contributed by atoms with van der Waals surface area (Å²) in [6.45, 7) is 9.14. The van der Waals surface area contributed by atoms with Gasteiger partial charge in [-0.25, -0.2) is 0 Å². The first-order valence-corrected chi connectivity index (χ1v) is 12.5. The van der Waals surface area contributed by atoms with Crippen LogP contribution in [0.3, 0.4) is 0 Å². The number of fused-ring (bicyclic) bond motifs is 3. The standard InChI is InChI=1S/C26H33N3O4/c1-3-32-20-13-28(14-20)23-16-5-6-17(10-16)24(23)33-19-7-8-21-18(11-19)12-29(26(21)31)22-9-4-15(2)27-25(22)30/h7-8,11,16-17,20,22-24H,2-6,9-10,12-14H2,1H3,(H,27,30)/t16-,17+,22?,23-,24-/m0/s1. The van der Waals surface area contributed by atoms with E-state index in [1.807, 2.05) is 18.2 Å². The Hall–Kier alpha value is -2.38. The summed E-state index contributed by atoms with van der Waals surface area (Å²) < 4.78 is 12.4. The van der Waals surface area contributed by atoms with Gasteiger partial charge in [-0.3, -0.25) is 14.5 Å². The summed E-state index contributed by atoms with van der Waals surface area (Å²) in [6, 6.07) is 5.87. The van der Waals surface area contributed by atoms with Crippen molar-refractivity contribution in [1.29, 1.82) is 0 Å². The predicted octanol–water partition coefficient (Wildman–Crippen LogP) is 2.70. The zero-order valence-corrected chi connectivity index (χ0v) is 19.3. The van der Waals surface area contributed by atoms with Crippen molar-refractivity contribution < 1.29 is 19.1 Å². The third kappa shape index (κ3) is 3.56. The maximum Gasteiger partial charge on any atom is 0.255 e. The van der Waals surface area contributed by atoms with E-state index in [1.165, 1.54) is 19.3 Å². The molecule has 2 aliphatic carbocycles. The summed E-state index contributed by atoms with van der Waals surface area (Å²) in [5, 5.41) is 2.80. The SMILES string of the molecule is C=C1CCC(N2Cc3cc(O[C@H]4[C@@H]5CC[C@@H](C5)[C@@H]4N4CC(OCC)C4)ccc3C2=O)C(=O)N1. The molecule has 2 amide bonds. The fraction of sp³-hybridized carbons (Fsp3) is 0.615. The summed E-state index contributed by atoms with van der Waals surface area (Å²) in [5.41, 5.74) is 2.37. The molecule has 5 aliphatic rings. The molecule has 7 heteroatoms. The maximum absolute atomic E-state index is 13.0. The molecular weight excluding hydrogens is 418 g/mol. The molecule has 0 radical (unpaired) electrons. The first-order valence-electron chi connectivity index (χ1n) is 12.5. The predicted molar refractivity (Wildman–Crippen MR) is 123 cm³/mol. The normalized spacial score (nSPS) is 33.9. The number of amides is 2. The number of allylic oxidation sites excluding steroid dienone is 1. The molecule has 3 heterocycles. The highest BCUT2D eigenvalue weighted by molar-refractivity contribution is 6.01. The Balaban J connectivity index is 1.16. The van der Waals surface area contributed by atoms with E-state index < -0.39 is 6.04 Å². The van der Waals surface area contributed by atoms with Crippen molar-refractivity contribution in [3.63, 3.8) is 0 Å². The van der Waals surface area contributed by atoms with Gasteiger partial charge in [-0.15, -0.1) is 0 Å². The smallest absolute Gasteiger partial charge is 0.255 e. The minimum atomic E-state index is -0.431. The first-order chi connectivity index (χ1) is 16.0. The second kappa shape index (κ2) is 8.13. The topological polar surface area (TPSA) is 71.1 Å². The average molecular weight is 452 g/mol. The molecule has 33 heavy (non-hydrogen) atoms. The van der Waals surface area contributed by atoms with Crippen molar-refractivity contribution in [3.8, 4) is 5.75 Å². The zero-order chi connectivity index (χ0) is 22.7. The lowest BCUT2D eigenvalue weighted by atomic mass is 9.89. The Labute approximate surface area is 195 Å². The van der Waals surface area contributed by atoms with Crippen LogP contribution in [0, 0.1) is 11.8 Å². The zero-order valence-electron chi connectivity index (χ0n) is 19.3. The van der Waals surface area contributed by atoms with Crippen molar-refractivity contribution in [2.75, 3.05) is 19.7 Å². The van der Waals surface area contributed by atoms with Gasteiger partial charge >= 0.3 is 0 Å². The van der Waals surface area contributed by atoms with Crippen molar-refractivity contribution >= 4 is 11.8 Å². The fourth-order valence-corrected chi connectivity index (χ4v) is 6.80. The molecule has 3 aliphatic heterocycles. The summed E-state index contributed by atoms with van der Waals surface area (Å²) >= 11 is 0. The van der Waals surface area contributed by atoms with Crippen molar-refractivity contribution in [1.82, 2.24) is 15.1 Å². The summed E-state index contributed by atoms with van der Waals surface area (Å²) in [7, 11) is 0. The monoisotopic (exact) mass is 451 g/mol. The molecular formula is C26H33N3O4.